The molecule has 0 amide bonds. The molecule has 3 aromatic rings. The molecular weight excluding hydrogens is 306 g/mol. The number of aromatic nitrogens is 2. The van der Waals surface area contributed by atoms with E-state index in [4.69, 9.17) is 5.41 Å². The minimum absolute atomic E-state index is 0.00563. The molecule has 0 unspecified atom stereocenters. The molecule has 7 heteroatoms. The second-order valence-corrected chi connectivity index (χ2v) is 5.31. The molecule has 24 heavy (non-hydrogen) atoms. The topological polar surface area (TPSA) is 108 Å². The van der Waals surface area contributed by atoms with Crippen LogP contribution in [0.3, 0.4) is 0 Å². The Hall–Kier alpha value is -3.61. The maximum Gasteiger partial charge on any atom is 0.260 e. The van der Waals surface area contributed by atoms with Crippen molar-refractivity contribution in [2.24, 2.45) is 5.10 Å². The van der Waals surface area contributed by atoms with E-state index in [2.05, 4.69) is 15.1 Å². The normalized spacial score (nSPS) is 13.9. The molecule has 0 radical (unpaired) electrons. The number of amidine groups is 1. The summed E-state index contributed by atoms with van der Waals surface area (Å²) in [7, 11) is 0. The molecule has 0 atom stereocenters. The number of para-hydroxylation sites is 1. The fourth-order valence-corrected chi connectivity index (χ4v) is 2.66. The van der Waals surface area contributed by atoms with E-state index in [1.807, 2.05) is 30.3 Å². The lowest BCUT2D eigenvalue weighted by atomic mass is 10.2. The molecule has 2 aromatic heterocycles. The molecule has 0 fully saturated rings. The Morgan fingerprint density at radius 1 is 1.17 bits per heavy atom. The van der Waals surface area contributed by atoms with Crippen LogP contribution < -0.4 is 21.1 Å². The first-order valence-electron chi connectivity index (χ1n) is 7.28. The summed E-state index contributed by atoms with van der Waals surface area (Å²) in [6.45, 7) is 0. The van der Waals surface area contributed by atoms with Crippen LogP contribution in [0.2, 0.25) is 0 Å². The predicted octanol–water partition coefficient (Wildman–Crippen LogP) is 0.618. The van der Waals surface area contributed by atoms with Crippen LogP contribution >= 0.6 is 0 Å². The second-order valence-electron chi connectivity index (χ2n) is 5.31. The lowest BCUT2D eigenvalue weighted by Crippen LogP contribution is -2.42. The Labute approximate surface area is 135 Å². The number of anilines is 1. The molecule has 0 bridgehead atoms. The highest BCUT2D eigenvalue weighted by molar-refractivity contribution is 6.10. The standard InChI is InChI=1S/C17H13N5O2/c18-15-13-14(21-22(15)11-6-2-1-3-7-11)12(16(23)20-17(13)24)9-10-5-4-8-19-10/h1-9,18-19,24H,(H,20,23)/b12-9+,18-15?. The predicted molar refractivity (Wildman–Crippen MR) is 89.6 cm³/mol. The lowest BCUT2D eigenvalue weighted by molar-refractivity contribution is 0.449. The third-order valence-corrected chi connectivity index (χ3v) is 3.78. The minimum atomic E-state index is -0.465. The van der Waals surface area contributed by atoms with Gasteiger partial charge < -0.3 is 10.1 Å². The number of hydrogen-bond donors (Lipinski definition) is 4. The van der Waals surface area contributed by atoms with E-state index in [1.54, 1.807) is 24.4 Å². The van der Waals surface area contributed by atoms with E-state index in [0.717, 1.165) is 5.69 Å². The fourth-order valence-electron chi connectivity index (χ4n) is 2.66. The van der Waals surface area contributed by atoms with Crippen LogP contribution in [0.4, 0.5) is 5.69 Å². The molecule has 4 rings (SSSR count). The van der Waals surface area contributed by atoms with Crippen molar-refractivity contribution in [2.45, 2.75) is 0 Å². The van der Waals surface area contributed by atoms with Crippen molar-refractivity contribution in [3.05, 3.63) is 80.8 Å². The van der Waals surface area contributed by atoms with Crippen LogP contribution in [0.25, 0.3) is 6.08 Å². The summed E-state index contributed by atoms with van der Waals surface area (Å²) in [6, 6.07) is 12.8. The molecule has 118 valence electrons. The number of H-pyrrole nitrogens is 2. The quantitative estimate of drug-likeness (QED) is 0.556. The van der Waals surface area contributed by atoms with Gasteiger partial charge >= 0.3 is 0 Å². The van der Waals surface area contributed by atoms with Crippen LogP contribution in [-0.2, 0) is 0 Å². The molecule has 0 saturated carbocycles. The summed E-state index contributed by atoms with van der Waals surface area (Å²) in [4.78, 5) is 17.6. The first-order valence-corrected chi connectivity index (χ1v) is 7.28. The van der Waals surface area contributed by atoms with Gasteiger partial charge in [-0.3, -0.25) is 15.2 Å². The number of nitrogens with zero attached hydrogens (tertiary/aromatic N) is 2. The van der Waals surface area contributed by atoms with Crippen molar-refractivity contribution >= 4 is 17.6 Å². The zero-order valence-corrected chi connectivity index (χ0v) is 12.4. The molecule has 3 heterocycles. The minimum Gasteiger partial charge on any atom is -0.494 e. The average Bonchev–Trinajstić information content (AvgIpc) is 3.20. The Morgan fingerprint density at radius 2 is 1.96 bits per heavy atom. The van der Waals surface area contributed by atoms with Crippen molar-refractivity contribution in [2.75, 3.05) is 5.01 Å². The summed E-state index contributed by atoms with van der Waals surface area (Å²) in [5.41, 5.74) is 1.15. The number of pyridine rings is 1. The SMILES string of the molecule is N=C1c2c(O)[nH]c(=O)/c(=C/c3ccc[nH]3)c2=NN1c1ccccc1. The summed E-state index contributed by atoms with van der Waals surface area (Å²) in [6.07, 6.45) is 3.39. The van der Waals surface area contributed by atoms with E-state index in [0.29, 0.717) is 5.69 Å². The summed E-state index contributed by atoms with van der Waals surface area (Å²) in [5.74, 6) is -0.350. The number of hydrogen-bond acceptors (Lipinski definition) is 4. The van der Waals surface area contributed by atoms with E-state index < -0.39 is 5.56 Å². The third-order valence-electron chi connectivity index (χ3n) is 3.78. The van der Waals surface area contributed by atoms with Gasteiger partial charge in [-0.2, -0.15) is 5.10 Å². The van der Waals surface area contributed by atoms with Gasteiger partial charge in [0.15, 0.2) is 5.84 Å². The van der Waals surface area contributed by atoms with Gasteiger partial charge in [-0.05, 0) is 30.3 Å². The fraction of sp³-hybridized carbons (Fsp3) is 0. The monoisotopic (exact) mass is 319 g/mol. The van der Waals surface area contributed by atoms with Gasteiger partial charge in [0.1, 0.15) is 10.9 Å². The van der Waals surface area contributed by atoms with Crippen molar-refractivity contribution in [3.8, 4) is 5.88 Å². The summed E-state index contributed by atoms with van der Waals surface area (Å²) < 4.78 is 0. The Morgan fingerprint density at radius 3 is 2.67 bits per heavy atom. The number of fused-ring (bicyclic) bond motifs is 1. The smallest absolute Gasteiger partial charge is 0.260 e. The molecule has 4 N–H and O–H groups in total. The molecule has 0 spiro atoms. The van der Waals surface area contributed by atoms with Crippen LogP contribution in [0.5, 0.6) is 5.88 Å². The van der Waals surface area contributed by atoms with E-state index >= 15 is 0 Å². The van der Waals surface area contributed by atoms with Crippen LogP contribution in [0.1, 0.15) is 11.3 Å². The molecule has 0 saturated heterocycles. The number of nitrogens with one attached hydrogen (secondary N) is 3. The Bertz CT molecular complexity index is 1100. The van der Waals surface area contributed by atoms with Gasteiger partial charge in [0.2, 0.25) is 5.88 Å². The van der Waals surface area contributed by atoms with Crippen LogP contribution in [0, 0.1) is 5.41 Å². The highest BCUT2D eigenvalue weighted by Crippen LogP contribution is 2.21. The molecule has 7 nitrogen and oxygen atoms in total. The van der Waals surface area contributed by atoms with Gasteiger partial charge in [-0.1, -0.05) is 18.2 Å². The average molecular weight is 319 g/mol. The first kappa shape index (κ1) is 14.0. The molecule has 1 aliphatic heterocycles. The Kier molecular flexibility index (Phi) is 3.06. The zero-order chi connectivity index (χ0) is 16.7. The number of aromatic amines is 2. The van der Waals surface area contributed by atoms with Gasteiger partial charge in [0, 0.05) is 11.9 Å². The van der Waals surface area contributed by atoms with Gasteiger partial charge in [0.25, 0.3) is 5.56 Å². The molecular formula is C17H13N5O2. The maximum atomic E-state index is 12.3. The Balaban J connectivity index is 2.01. The highest BCUT2D eigenvalue weighted by Gasteiger charge is 2.26. The van der Waals surface area contributed by atoms with Gasteiger partial charge in [-0.15, -0.1) is 0 Å². The first-order chi connectivity index (χ1) is 11.6. The van der Waals surface area contributed by atoms with Crippen molar-refractivity contribution in [1.29, 1.82) is 5.41 Å². The lowest BCUT2D eigenvalue weighted by Gasteiger charge is -2.13. The van der Waals surface area contributed by atoms with Crippen molar-refractivity contribution < 1.29 is 5.11 Å². The summed E-state index contributed by atoms with van der Waals surface area (Å²) >= 11 is 0. The van der Waals surface area contributed by atoms with E-state index in [9.17, 15) is 9.90 Å². The van der Waals surface area contributed by atoms with Crippen molar-refractivity contribution in [1.82, 2.24) is 9.97 Å². The number of aromatic hydroxyl groups is 1. The molecule has 1 aliphatic rings. The zero-order valence-electron chi connectivity index (χ0n) is 12.4. The largest absolute Gasteiger partial charge is 0.494 e. The summed E-state index contributed by atoms with van der Waals surface area (Å²) in [5, 5.41) is 24.7. The van der Waals surface area contributed by atoms with Crippen LogP contribution in [0.15, 0.2) is 58.6 Å². The van der Waals surface area contributed by atoms with E-state index in [1.165, 1.54) is 5.01 Å². The second kappa shape index (κ2) is 5.24. The van der Waals surface area contributed by atoms with E-state index in [-0.39, 0.29) is 27.9 Å². The third kappa shape index (κ3) is 2.11. The van der Waals surface area contributed by atoms with Crippen molar-refractivity contribution in [3.63, 3.8) is 0 Å². The molecule has 1 aromatic carbocycles. The number of rotatable bonds is 2. The van der Waals surface area contributed by atoms with Gasteiger partial charge in [-0.25, -0.2) is 5.01 Å². The highest BCUT2D eigenvalue weighted by atomic mass is 16.3. The maximum absolute atomic E-state index is 12.3. The molecule has 0 aliphatic carbocycles. The number of benzene rings is 1. The van der Waals surface area contributed by atoms with Crippen LogP contribution in [-0.4, -0.2) is 20.9 Å². The van der Waals surface area contributed by atoms with Gasteiger partial charge in [0.05, 0.1) is 10.9 Å².